The van der Waals surface area contributed by atoms with Crippen molar-refractivity contribution in [3.8, 4) is 0 Å². The standard InChI is InChI=1S/C13H23N3O/c1-4-13-15-11-8-14-7-6-12(11)16(13)9-10(3)17-5-2/h10,14H,4-9H2,1-3H3. The number of aryl methyl sites for hydroxylation is 1. The van der Waals surface area contributed by atoms with E-state index in [4.69, 9.17) is 9.72 Å². The summed E-state index contributed by atoms with van der Waals surface area (Å²) in [6.45, 7) is 10.0. The van der Waals surface area contributed by atoms with Crippen LogP contribution in [0.4, 0.5) is 0 Å². The summed E-state index contributed by atoms with van der Waals surface area (Å²) in [4.78, 5) is 4.73. The van der Waals surface area contributed by atoms with Gasteiger partial charge in [-0.25, -0.2) is 4.98 Å². The van der Waals surface area contributed by atoms with Gasteiger partial charge in [0, 0.05) is 38.2 Å². The van der Waals surface area contributed by atoms with Gasteiger partial charge in [-0.15, -0.1) is 0 Å². The summed E-state index contributed by atoms with van der Waals surface area (Å²) < 4.78 is 8.01. The summed E-state index contributed by atoms with van der Waals surface area (Å²) in [6.07, 6.45) is 2.34. The highest BCUT2D eigenvalue weighted by Crippen LogP contribution is 2.17. The van der Waals surface area contributed by atoms with Gasteiger partial charge < -0.3 is 14.6 Å². The summed E-state index contributed by atoms with van der Waals surface area (Å²) >= 11 is 0. The molecule has 4 heteroatoms. The number of hydrogen-bond donors (Lipinski definition) is 1. The van der Waals surface area contributed by atoms with Crippen molar-refractivity contribution in [2.24, 2.45) is 0 Å². The highest BCUT2D eigenvalue weighted by atomic mass is 16.5. The van der Waals surface area contributed by atoms with Crippen molar-refractivity contribution in [2.45, 2.75) is 52.8 Å². The van der Waals surface area contributed by atoms with Crippen LogP contribution in [-0.4, -0.2) is 28.8 Å². The maximum Gasteiger partial charge on any atom is 0.109 e. The molecule has 1 aliphatic heterocycles. The van der Waals surface area contributed by atoms with Crippen LogP contribution in [0, 0.1) is 0 Å². The quantitative estimate of drug-likeness (QED) is 0.844. The molecular weight excluding hydrogens is 214 g/mol. The van der Waals surface area contributed by atoms with Gasteiger partial charge in [-0.1, -0.05) is 6.92 Å². The molecule has 0 bridgehead atoms. The van der Waals surface area contributed by atoms with E-state index in [9.17, 15) is 0 Å². The Morgan fingerprint density at radius 3 is 3.00 bits per heavy atom. The fourth-order valence-electron chi connectivity index (χ4n) is 2.51. The van der Waals surface area contributed by atoms with E-state index in [2.05, 4.69) is 23.7 Å². The number of nitrogens with one attached hydrogen (secondary N) is 1. The zero-order valence-corrected chi connectivity index (χ0v) is 11.1. The number of rotatable bonds is 5. The lowest BCUT2D eigenvalue weighted by atomic mass is 10.2. The van der Waals surface area contributed by atoms with Crippen molar-refractivity contribution in [1.82, 2.24) is 14.9 Å². The second-order valence-electron chi connectivity index (χ2n) is 4.58. The van der Waals surface area contributed by atoms with Crippen molar-refractivity contribution < 1.29 is 4.74 Å². The third-order valence-electron chi connectivity index (χ3n) is 3.27. The van der Waals surface area contributed by atoms with E-state index in [1.165, 1.54) is 17.2 Å². The first-order valence-corrected chi connectivity index (χ1v) is 6.65. The normalized spacial score (nSPS) is 16.9. The minimum Gasteiger partial charge on any atom is -0.377 e. The predicted molar refractivity (Wildman–Crippen MR) is 68.1 cm³/mol. The predicted octanol–water partition coefficient (Wildman–Crippen LogP) is 1.52. The van der Waals surface area contributed by atoms with Gasteiger partial charge in [0.25, 0.3) is 0 Å². The Hall–Kier alpha value is -0.870. The van der Waals surface area contributed by atoms with Crippen molar-refractivity contribution >= 4 is 0 Å². The molecule has 4 nitrogen and oxygen atoms in total. The molecule has 96 valence electrons. The summed E-state index contributed by atoms with van der Waals surface area (Å²) in [5, 5.41) is 3.38. The van der Waals surface area contributed by atoms with E-state index in [1.54, 1.807) is 0 Å². The van der Waals surface area contributed by atoms with Crippen LogP contribution in [0.1, 0.15) is 38.0 Å². The first kappa shape index (κ1) is 12.6. The van der Waals surface area contributed by atoms with Crippen LogP contribution >= 0.6 is 0 Å². The van der Waals surface area contributed by atoms with Gasteiger partial charge in [0.1, 0.15) is 5.82 Å². The van der Waals surface area contributed by atoms with E-state index in [0.29, 0.717) is 0 Å². The van der Waals surface area contributed by atoms with Crippen LogP contribution in [0.2, 0.25) is 0 Å². The van der Waals surface area contributed by atoms with Crippen LogP contribution in [0.5, 0.6) is 0 Å². The number of ether oxygens (including phenoxy) is 1. The number of hydrogen-bond acceptors (Lipinski definition) is 3. The second-order valence-corrected chi connectivity index (χ2v) is 4.58. The van der Waals surface area contributed by atoms with Crippen LogP contribution < -0.4 is 5.32 Å². The van der Waals surface area contributed by atoms with E-state index in [1.807, 2.05) is 6.92 Å². The van der Waals surface area contributed by atoms with E-state index < -0.39 is 0 Å². The van der Waals surface area contributed by atoms with Gasteiger partial charge in [-0.2, -0.15) is 0 Å². The molecule has 0 saturated carbocycles. The third-order valence-corrected chi connectivity index (χ3v) is 3.27. The van der Waals surface area contributed by atoms with Gasteiger partial charge >= 0.3 is 0 Å². The Labute approximate surface area is 103 Å². The number of nitrogens with zero attached hydrogens (tertiary/aromatic N) is 2. The van der Waals surface area contributed by atoms with Crippen LogP contribution in [0.25, 0.3) is 0 Å². The summed E-state index contributed by atoms with van der Waals surface area (Å²) in [7, 11) is 0. The minimum atomic E-state index is 0.262. The highest BCUT2D eigenvalue weighted by molar-refractivity contribution is 5.20. The van der Waals surface area contributed by atoms with Gasteiger partial charge in [0.2, 0.25) is 0 Å². The SMILES string of the molecule is CCOC(C)Cn1c(CC)nc2c1CCNC2. The third kappa shape index (κ3) is 2.69. The Morgan fingerprint density at radius 1 is 1.47 bits per heavy atom. The maximum absolute atomic E-state index is 5.64. The highest BCUT2D eigenvalue weighted by Gasteiger charge is 2.19. The Morgan fingerprint density at radius 2 is 2.29 bits per heavy atom. The largest absolute Gasteiger partial charge is 0.377 e. The van der Waals surface area contributed by atoms with Crippen molar-refractivity contribution in [3.63, 3.8) is 0 Å². The molecule has 0 saturated heterocycles. The molecule has 2 rings (SSSR count). The fourth-order valence-corrected chi connectivity index (χ4v) is 2.51. The number of aromatic nitrogens is 2. The lowest BCUT2D eigenvalue weighted by Crippen LogP contribution is -2.27. The van der Waals surface area contributed by atoms with E-state index in [-0.39, 0.29) is 6.10 Å². The molecule has 1 atom stereocenters. The molecule has 2 heterocycles. The topological polar surface area (TPSA) is 39.1 Å². The van der Waals surface area contributed by atoms with Gasteiger partial charge in [-0.3, -0.25) is 0 Å². The molecule has 1 aromatic heterocycles. The number of fused-ring (bicyclic) bond motifs is 1. The first-order valence-electron chi connectivity index (χ1n) is 6.65. The lowest BCUT2D eigenvalue weighted by molar-refractivity contribution is 0.0628. The maximum atomic E-state index is 5.64. The van der Waals surface area contributed by atoms with Crippen LogP contribution in [0.15, 0.2) is 0 Å². The first-order chi connectivity index (χ1) is 8.26. The van der Waals surface area contributed by atoms with Crippen molar-refractivity contribution in [1.29, 1.82) is 0 Å². The van der Waals surface area contributed by atoms with Gasteiger partial charge in [0.15, 0.2) is 0 Å². The van der Waals surface area contributed by atoms with E-state index >= 15 is 0 Å². The molecule has 1 aromatic rings. The van der Waals surface area contributed by atoms with Gasteiger partial charge in [0.05, 0.1) is 18.3 Å². The summed E-state index contributed by atoms with van der Waals surface area (Å²) in [5.41, 5.74) is 2.64. The minimum absolute atomic E-state index is 0.262. The number of imidazole rings is 1. The average Bonchev–Trinajstić information content (AvgIpc) is 2.68. The molecule has 0 spiro atoms. The van der Waals surface area contributed by atoms with Gasteiger partial charge in [-0.05, 0) is 13.8 Å². The monoisotopic (exact) mass is 237 g/mol. The lowest BCUT2D eigenvalue weighted by Gasteiger charge is -2.19. The van der Waals surface area contributed by atoms with Crippen molar-refractivity contribution in [2.75, 3.05) is 13.2 Å². The van der Waals surface area contributed by atoms with Crippen molar-refractivity contribution in [3.05, 3.63) is 17.2 Å². The Bertz CT molecular complexity index is 373. The molecule has 1 N–H and O–H groups in total. The molecule has 0 aliphatic carbocycles. The average molecular weight is 237 g/mol. The smallest absolute Gasteiger partial charge is 0.109 e. The Balaban J connectivity index is 2.21. The fraction of sp³-hybridized carbons (Fsp3) is 0.769. The van der Waals surface area contributed by atoms with E-state index in [0.717, 1.165) is 39.1 Å². The van der Waals surface area contributed by atoms with Crippen LogP contribution in [-0.2, 0) is 30.7 Å². The summed E-state index contributed by atoms with van der Waals surface area (Å²) in [5.74, 6) is 1.20. The molecule has 0 radical (unpaired) electrons. The second kappa shape index (κ2) is 5.65. The Kier molecular flexibility index (Phi) is 4.18. The molecule has 0 aromatic carbocycles. The zero-order chi connectivity index (χ0) is 12.3. The molecule has 17 heavy (non-hydrogen) atoms. The molecule has 0 fully saturated rings. The summed E-state index contributed by atoms with van der Waals surface area (Å²) in [6, 6.07) is 0. The molecule has 1 aliphatic rings. The molecular formula is C13H23N3O. The molecule has 0 amide bonds. The molecule has 1 unspecified atom stereocenters. The van der Waals surface area contributed by atoms with Crippen LogP contribution in [0.3, 0.4) is 0 Å². The zero-order valence-electron chi connectivity index (χ0n) is 11.1.